The summed E-state index contributed by atoms with van der Waals surface area (Å²) in [6.07, 6.45) is 3.74. The molecule has 2 aliphatic heterocycles. The first kappa shape index (κ1) is 25.6. The zero-order chi connectivity index (χ0) is 29.2. The van der Waals surface area contributed by atoms with E-state index in [9.17, 15) is 24.5 Å². The molecule has 1 spiro atoms. The van der Waals surface area contributed by atoms with Crippen molar-refractivity contribution in [3.05, 3.63) is 141 Å². The van der Waals surface area contributed by atoms with Gasteiger partial charge in [-0.15, -0.1) is 0 Å². The summed E-state index contributed by atoms with van der Waals surface area (Å²) in [6.45, 7) is 0. The van der Waals surface area contributed by atoms with Crippen molar-refractivity contribution in [3.8, 4) is 5.75 Å². The zero-order valence-electron chi connectivity index (χ0n) is 22.5. The van der Waals surface area contributed by atoms with Gasteiger partial charge in [-0.2, -0.15) is 0 Å². The molecule has 0 radical (unpaired) electrons. The first-order chi connectivity index (χ1) is 20.4. The van der Waals surface area contributed by atoms with E-state index in [4.69, 9.17) is 4.74 Å². The fraction of sp³-hybridized carbons (Fsp3) is 0.147. The van der Waals surface area contributed by atoms with Crippen LogP contribution >= 0.6 is 0 Å². The molecule has 2 heterocycles. The molecule has 0 bridgehead atoms. The number of rotatable bonds is 5. The molecule has 8 nitrogen and oxygen atoms in total. The van der Waals surface area contributed by atoms with Crippen LogP contribution in [0.3, 0.4) is 0 Å². The minimum atomic E-state index is -1.68. The summed E-state index contributed by atoms with van der Waals surface area (Å²) in [4.78, 5) is 56.9. The normalized spacial score (nSPS) is 21.2. The van der Waals surface area contributed by atoms with Crippen molar-refractivity contribution in [2.45, 2.75) is 18.0 Å². The summed E-state index contributed by atoms with van der Waals surface area (Å²) < 4.78 is 5.40. The lowest BCUT2D eigenvalue weighted by Gasteiger charge is -2.37. The fourth-order valence-corrected chi connectivity index (χ4v) is 7.04. The lowest BCUT2D eigenvalue weighted by molar-refractivity contribution is -0.384. The molecule has 4 aromatic carbocycles. The molecule has 0 amide bonds. The number of ether oxygens (including phenoxy) is 1. The van der Waals surface area contributed by atoms with Crippen molar-refractivity contribution in [2.24, 2.45) is 5.41 Å². The van der Waals surface area contributed by atoms with Gasteiger partial charge in [0.15, 0.2) is 17.3 Å². The summed E-state index contributed by atoms with van der Waals surface area (Å²) in [5.74, 6) is -1.46. The van der Waals surface area contributed by atoms with Crippen molar-refractivity contribution in [2.75, 3.05) is 12.0 Å². The average Bonchev–Trinajstić information content (AvgIpc) is 3.47. The third kappa shape index (κ3) is 3.38. The molecule has 3 atom stereocenters. The Morgan fingerprint density at radius 3 is 2.21 bits per heavy atom. The van der Waals surface area contributed by atoms with E-state index < -0.39 is 28.3 Å². The maximum absolute atomic E-state index is 14.7. The molecule has 0 aromatic heterocycles. The van der Waals surface area contributed by atoms with E-state index >= 15 is 0 Å². The summed E-state index contributed by atoms with van der Waals surface area (Å²) >= 11 is 0. The summed E-state index contributed by atoms with van der Waals surface area (Å²) in [5.41, 5.74) is 1.27. The minimum absolute atomic E-state index is 0.128. The number of ketones is 3. The highest BCUT2D eigenvalue weighted by molar-refractivity contribution is 6.32. The average molecular weight is 557 g/mol. The second-order valence-electron chi connectivity index (χ2n) is 10.7. The van der Waals surface area contributed by atoms with E-state index in [1.807, 2.05) is 41.3 Å². The van der Waals surface area contributed by atoms with Gasteiger partial charge in [0, 0.05) is 40.4 Å². The molecule has 206 valence electrons. The van der Waals surface area contributed by atoms with Gasteiger partial charge < -0.3 is 9.64 Å². The standard InChI is InChI=1S/C34H24N2O6/c1-42-24-9-6-8-22(19-24)31(37)30-29(21-13-16-23(17-14-21)36(40)41)34(32(38)25-10-3-4-11-26(25)33(34)39)28-18-15-20-7-2-5-12-27(20)35(28)30/h2-19,28-30H,1H3/t28-,29+,30-/m1/s1. The van der Waals surface area contributed by atoms with Gasteiger partial charge in [0.1, 0.15) is 17.2 Å². The second-order valence-corrected chi connectivity index (χ2v) is 10.7. The topological polar surface area (TPSA) is 107 Å². The first-order valence-corrected chi connectivity index (χ1v) is 13.5. The van der Waals surface area contributed by atoms with Crippen molar-refractivity contribution < 1.29 is 24.0 Å². The van der Waals surface area contributed by atoms with Crippen molar-refractivity contribution >= 4 is 34.8 Å². The van der Waals surface area contributed by atoms with Crippen molar-refractivity contribution in [1.29, 1.82) is 0 Å². The summed E-state index contributed by atoms with van der Waals surface area (Å²) in [6, 6.07) is 25.2. The highest BCUT2D eigenvalue weighted by Gasteiger charge is 2.71. The molecule has 42 heavy (non-hydrogen) atoms. The number of non-ortho nitro benzene ring substituents is 1. The van der Waals surface area contributed by atoms with Gasteiger partial charge in [-0.1, -0.05) is 78.9 Å². The van der Waals surface area contributed by atoms with Gasteiger partial charge in [-0.3, -0.25) is 24.5 Å². The zero-order valence-corrected chi connectivity index (χ0v) is 22.5. The lowest BCUT2D eigenvalue weighted by Crippen LogP contribution is -2.48. The third-order valence-electron chi connectivity index (χ3n) is 8.80. The molecule has 0 unspecified atom stereocenters. The van der Waals surface area contributed by atoms with Crippen LogP contribution < -0.4 is 9.64 Å². The van der Waals surface area contributed by atoms with Crippen LogP contribution in [0.15, 0.2) is 103 Å². The van der Waals surface area contributed by atoms with E-state index in [2.05, 4.69) is 0 Å². The predicted octanol–water partition coefficient (Wildman–Crippen LogP) is 5.92. The van der Waals surface area contributed by atoms with Crippen LogP contribution in [-0.2, 0) is 0 Å². The third-order valence-corrected chi connectivity index (χ3v) is 8.80. The Labute approximate surface area is 241 Å². The van der Waals surface area contributed by atoms with Crippen LogP contribution in [0.2, 0.25) is 0 Å². The van der Waals surface area contributed by atoms with E-state index in [-0.39, 0.29) is 23.0 Å². The van der Waals surface area contributed by atoms with Crippen LogP contribution in [0.4, 0.5) is 11.4 Å². The highest BCUT2D eigenvalue weighted by atomic mass is 16.6. The number of nitrogens with zero attached hydrogens (tertiary/aromatic N) is 2. The van der Waals surface area contributed by atoms with Gasteiger partial charge in [-0.05, 0) is 29.3 Å². The number of benzene rings is 4. The Morgan fingerprint density at radius 1 is 0.881 bits per heavy atom. The molecular weight excluding hydrogens is 532 g/mol. The molecule has 1 saturated heterocycles. The molecular formula is C34H24N2O6. The first-order valence-electron chi connectivity index (χ1n) is 13.5. The number of para-hydroxylation sites is 1. The number of Topliss-reactive ketones (excluding diaryl/α,β-unsaturated/α-hetero) is 3. The Kier molecular flexibility index (Phi) is 5.69. The lowest BCUT2D eigenvalue weighted by atomic mass is 9.64. The van der Waals surface area contributed by atoms with Crippen LogP contribution in [0.5, 0.6) is 5.75 Å². The van der Waals surface area contributed by atoms with E-state index in [1.54, 1.807) is 60.7 Å². The largest absolute Gasteiger partial charge is 0.497 e. The number of nitro groups is 1. The number of methoxy groups -OCH3 is 1. The SMILES string of the molecule is COc1cccc(C(=O)[C@H]2[C@H](c3ccc([N+](=O)[O-])cc3)C3(C(=O)c4ccccc4C3=O)[C@H]3C=Cc4ccccc4N23)c1. The Hall–Kier alpha value is -5.37. The number of fused-ring (bicyclic) bond motifs is 5. The molecule has 0 saturated carbocycles. The minimum Gasteiger partial charge on any atom is -0.497 e. The maximum Gasteiger partial charge on any atom is 0.269 e. The number of carbonyl (C=O) groups excluding carboxylic acids is 3. The number of anilines is 1. The Morgan fingerprint density at radius 2 is 1.55 bits per heavy atom. The van der Waals surface area contributed by atoms with Crippen LogP contribution in [0.25, 0.3) is 6.08 Å². The number of carbonyl (C=O) groups is 3. The molecule has 0 N–H and O–H groups in total. The van der Waals surface area contributed by atoms with Crippen molar-refractivity contribution in [3.63, 3.8) is 0 Å². The van der Waals surface area contributed by atoms with Gasteiger partial charge in [0.25, 0.3) is 5.69 Å². The summed E-state index contributed by atoms with van der Waals surface area (Å²) in [7, 11) is 1.52. The smallest absolute Gasteiger partial charge is 0.269 e. The molecule has 8 heteroatoms. The van der Waals surface area contributed by atoms with Gasteiger partial charge >= 0.3 is 0 Å². The fourth-order valence-electron chi connectivity index (χ4n) is 7.04. The van der Waals surface area contributed by atoms with Gasteiger partial charge in [0.05, 0.1) is 18.1 Å². The van der Waals surface area contributed by atoms with Crippen LogP contribution in [0, 0.1) is 15.5 Å². The van der Waals surface area contributed by atoms with Gasteiger partial charge in [0.2, 0.25) is 0 Å². The molecule has 3 aliphatic rings. The quantitative estimate of drug-likeness (QED) is 0.130. The van der Waals surface area contributed by atoms with Crippen molar-refractivity contribution in [1.82, 2.24) is 0 Å². The molecule has 1 aliphatic carbocycles. The predicted molar refractivity (Wildman–Crippen MR) is 156 cm³/mol. The second kappa shape index (κ2) is 9.34. The van der Waals surface area contributed by atoms with E-state index in [0.717, 1.165) is 11.3 Å². The number of nitro benzene ring substituents is 1. The molecule has 4 aromatic rings. The van der Waals surface area contributed by atoms with Crippen LogP contribution in [0.1, 0.15) is 48.1 Å². The highest BCUT2D eigenvalue weighted by Crippen LogP contribution is 2.61. The maximum atomic E-state index is 14.7. The Bertz CT molecular complexity index is 1810. The number of hydrogen-bond acceptors (Lipinski definition) is 7. The van der Waals surface area contributed by atoms with E-state index in [0.29, 0.717) is 28.0 Å². The monoisotopic (exact) mass is 556 g/mol. The Balaban J connectivity index is 1.53. The number of hydrogen-bond donors (Lipinski definition) is 0. The summed E-state index contributed by atoms with van der Waals surface area (Å²) in [5, 5.41) is 11.5. The molecule has 1 fully saturated rings. The van der Waals surface area contributed by atoms with Crippen LogP contribution in [-0.4, -0.2) is 41.5 Å². The molecule has 7 rings (SSSR count). The van der Waals surface area contributed by atoms with Gasteiger partial charge in [-0.25, -0.2) is 0 Å². The van der Waals surface area contributed by atoms with E-state index in [1.165, 1.54) is 19.2 Å².